The van der Waals surface area contributed by atoms with Crippen molar-refractivity contribution in [2.75, 3.05) is 5.75 Å². The summed E-state index contributed by atoms with van der Waals surface area (Å²) >= 11 is 4.88. The number of ketones is 1. The number of benzene rings is 2. The van der Waals surface area contributed by atoms with Crippen LogP contribution in [0, 0.1) is 11.3 Å². The molecule has 0 aliphatic carbocycles. The number of carbonyl (C=O) groups excluding carboxylic acids is 1. The van der Waals surface area contributed by atoms with Crippen molar-refractivity contribution < 1.29 is 4.79 Å². The summed E-state index contributed by atoms with van der Waals surface area (Å²) in [6, 6.07) is 16.6. The van der Waals surface area contributed by atoms with Crippen LogP contribution >= 0.6 is 27.7 Å². The highest BCUT2D eigenvalue weighted by Gasteiger charge is 2.06. The van der Waals surface area contributed by atoms with Gasteiger partial charge in [-0.3, -0.25) is 4.79 Å². The Morgan fingerprint density at radius 3 is 2.32 bits per heavy atom. The summed E-state index contributed by atoms with van der Waals surface area (Å²) in [5.41, 5.74) is 1.21. The van der Waals surface area contributed by atoms with Crippen molar-refractivity contribution in [2.45, 2.75) is 4.90 Å². The average molecular weight is 332 g/mol. The zero-order chi connectivity index (χ0) is 13.7. The topological polar surface area (TPSA) is 40.9 Å². The number of carbonyl (C=O) groups is 1. The fourth-order valence-electron chi connectivity index (χ4n) is 1.49. The predicted molar refractivity (Wildman–Crippen MR) is 80.4 cm³/mol. The maximum absolute atomic E-state index is 12.0. The van der Waals surface area contributed by atoms with Crippen molar-refractivity contribution in [3.05, 3.63) is 64.1 Å². The number of Topliss-reactive ketones (excluding diaryl/α,β-unsaturated/α-hetero) is 1. The molecule has 94 valence electrons. The molecule has 0 spiro atoms. The van der Waals surface area contributed by atoms with E-state index in [1.54, 1.807) is 24.3 Å². The van der Waals surface area contributed by atoms with E-state index in [4.69, 9.17) is 5.26 Å². The number of thioether (sulfide) groups is 1. The van der Waals surface area contributed by atoms with E-state index >= 15 is 0 Å². The van der Waals surface area contributed by atoms with Gasteiger partial charge in [-0.1, -0.05) is 28.1 Å². The Morgan fingerprint density at radius 2 is 1.74 bits per heavy atom. The van der Waals surface area contributed by atoms with Crippen molar-refractivity contribution in [1.82, 2.24) is 0 Å². The summed E-state index contributed by atoms with van der Waals surface area (Å²) in [4.78, 5) is 13.0. The Balaban J connectivity index is 1.97. The summed E-state index contributed by atoms with van der Waals surface area (Å²) in [5, 5.41) is 8.70. The first-order valence-electron chi connectivity index (χ1n) is 5.61. The normalized spacial score (nSPS) is 9.89. The zero-order valence-corrected chi connectivity index (χ0v) is 12.4. The lowest BCUT2D eigenvalue weighted by Crippen LogP contribution is -2.02. The van der Waals surface area contributed by atoms with Crippen LogP contribution in [0.3, 0.4) is 0 Å². The van der Waals surface area contributed by atoms with Crippen LogP contribution in [0.1, 0.15) is 15.9 Å². The van der Waals surface area contributed by atoms with Crippen LogP contribution in [0.4, 0.5) is 0 Å². The first kappa shape index (κ1) is 13.9. The first-order chi connectivity index (χ1) is 9.19. The van der Waals surface area contributed by atoms with Crippen LogP contribution in [0.25, 0.3) is 0 Å². The largest absolute Gasteiger partial charge is 0.293 e. The summed E-state index contributed by atoms with van der Waals surface area (Å²) < 4.78 is 1.02. The molecule has 0 radical (unpaired) electrons. The van der Waals surface area contributed by atoms with Crippen molar-refractivity contribution >= 4 is 33.5 Å². The molecule has 0 aliphatic heterocycles. The molecule has 0 unspecified atom stereocenters. The van der Waals surface area contributed by atoms with E-state index in [1.807, 2.05) is 30.3 Å². The molecule has 2 aromatic rings. The fourth-order valence-corrected chi connectivity index (χ4v) is 2.55. The molecule has 0 saturated heterocycles. The van der Waals surface area contributed by atoms with Gasteiger partial charge in [0, 0.05) is 14.9 Å². The van der Waals surface area contributed by atoms with Crippen molar-refractivity contribution in [1.29, 1.82) is 5.26 Å². The summed E-state index contributed by atoms with van der Waals surface area (Å²) in [6.07, 6.45) is 0. The molecule has 0 amide bonds. The Morgan fingerprint density at radius 1 is 1.11 bits per heavy atom. The summed E-state index contributed by atoms with van der Waals surface area (Å²) in [6.45, 7) is 0. The SMILES string of the molecule is N#Cc1ccc(C(=O)CSc2ccc(Br)cc2)cc1. The molecule has 4 heteroatoms. The van der Waals surface area contributed by atoms with Crippen LogP contribution in [-0.2, 0) is 0 Å². The number of halogens is 1. The van der Waals surface area contributed by atoms with Crippen LogP contribution in [0.2, 0.25) is 0 Å². The fraction of sp³-hybridized carbons (Fsp3) is 0.0667. The lowest BCUT2D eigenvalue weighted by atomic mass is 10.1. The van der Waals surface area contributed by atoms with Gasteiger partial charge in [0.15, 0.2) is 5.78 Å². The van der Waals surface area contributed by atoms with Gasteiger partial charge >= 0.3 is 0 Å². The third-order valence-corrected chi connectivity index (χ3v) is 4.06. The summed E-state index contributed by atoms with van der Waals surface area (Å²) in [7, 11) is 0. The Kier molecular flexibility index (Phi) is 4.78. The number of hydrogen-bond donors (Lipinski definition) is 0. The lowest BCUT2D eigenvalue weighted by molar-refractivity contribution is 0.102. The molecule has 0 N–H and O–H groups in total. The molecule has 0 heterocycles. The van der Waals surface area contributed by atoms with Crippen molar-refractivity contribution in [3.8, 4) is 6.07 Å². The Labute approximate surface area is 124 Å². The van der Waals surface area contributed by atoms with Gasteiger partial charge < -0.3 is 0 Å². The van der Waals surface area contributed by atoms with E-state index < -0.39 is 0 Å². The van der Waals surface area contributed by atoms with Gasteiger partial charge in [-0.05, 0) is 36.4 Å². The number of nitriles is 1. The predicted octanol–water partition coefficient (Wildman–Crippen LogP) is 4.30. The zero-order valence-electron chi connectivity index (χ0n) is 9.97. The van der Waals surface area contributed by atoms with Crippen LogP contribution in [0.15, 0.2) is 57.9 Å². The highest BCUT2D eigenvalue weighted by Crippen LogP contribution is 2.21. The maximum atomic E-state index is 12.0. The number of nitrogens with zero attached hydrogens (tertiary/aromatic N) is 1. The standard InChI is InChI=1S/C15H10BrNOS/c16-13-5-7-14(8-6-13)19-10-15(18)12-3-1-11(9-17)2-4-12/h1-8H,10H2. The van der Waals surface area contributed by atoms with E-state index in [0.29, 0.717) is 16.9 Å². The highest BCUT2D eigenvalue weighted by molar-refractivity contribution is 9.10. The van der Waals surface area contributed by atoms with Gasteiger partial charge in [-0.25, -0.2) is 0 Å². The van der Waals surface area contributed by atoms with E-state index in [1.165, 1.54) is 11.8 Å². The first-order valence-corrected chi connectivity index (χ1v) is 7.38. The van der Waals surface area contributed by atoms with Gasteiger partial charge in [0.2, 0.25) is 0 Å². The third-order valence-electron chi connectivity index (χ3n) is 2.52. The van der Waals surface area contributed by atoms with Crippen LogP contribution in [-0.4, -0.2) is 11.5 Å². The van der Waals surface area contributed by atoms with Crippen molar-refractivity contribution in [3.63, 3.8) is 0 Å². The number of hydrogen-bond acceptors (Lipinski definition) is 3. The minimum atomic E-state index is 0.0670. The Hall–Kier alpha value is -1.57. The van der Waals surface area contributed by atoms with Crippen LogP contribution in [0.5, 0.6) is 0 Å². The highest BCUT2D eigenvalue weighted by atomic mass is 79.9. The van der Waals surface area contributed by atoms with E-state index in [-0.39, 0.29) is 5.78 Å². The van der Waals surface area contributed by atoms with Gasteiger partial charge in [0.25, 0.3) is 0 Å². The molecule has 0 saturated carbocycles. The van der Waals surface area contributed by atoms with E-state index in [0.717, 1.165) is 9.37 Å². The second kappa shape index (κ2) is 6.55. The van der Waals surface area contributed by atoms with Gasteiger partial charge in [-0.15, -0.1) is 11.8 Å². The molecule has 2 nitrogen and oxygen atoms in total. The van der Waals surface area contributed by atoms with Gasteiger partial charge in [-0.2, -0.15) is 5.26 Å². The molecule has 0 fully saturated rings. The molecular weight excluding hydrogens is 322 g/mol. The smallest absolute Gasteiger partial charge is 0.173 e. The molecule has 2 rings (SSSR count). The molecule has 0 bridgehead atoms. The Bertz CT molecular complexity index is 614. The monoisotopic (exact) mass is 331 g/mol. The molecule has 19 heavy (non-hydrogen) atoms. The molecule has 0 aromatic heterocycles. The second-order valence-corrected chi connectivity index (χ2v) is 5.82. The average Bonchev–Trinajstić information content (AvgIpc) is 2.46. The minimum absolute atomic E-state index is 0.0670. The maximum Gasteiger partial charge on any atom is 0.173 e. The van der Waals surface area contributed by atoms with E-state index in [9.17, 15) is 4.79 Å². The molecule has 2 aromatic carbocycles. The summed E-state index contributed by atoms with van der Waals surface area (Å²) in [5.74, 6) is 0.463. The lowest BCUT2D eigenvalue weighted by Gasteiger charge is -2.02. The number of rotatable bonds is 4. The minimum Gasteiger partial charge on any atom is -0.293 e. The van der Waals surface area contributed by atoms with Gasteiger partial charge in [0.1, 0.15) is 0 Å². The second-order valence-electron chi connectivity index (χ2n) is 3.85. The molecule has 0 atom stereocenters. The van der Waals surface area contributed by atoms with E-state index in [2.05, 4.69) is 15.9 Å². The molecular formula is C15H10BrNOS. The van der Waals surface area contributed by atoms with Gasteiger partial charge in [0.05, 0.1) is 17.4 Å². The molecule has 0 aliphatic rings. The third kappa shape index (κ3) is 3.95. The van der Waals surface area contributed by atoms with Crippen LogP contribution < -0.4 is 0 Å². The van der Waals surface area contributed by atoms with Crippen molar-refractivity contribution in [2.24, 2.45) is 0 Å². The quantitative estimate of drug-likeness (QED) is 0.619.